The first-order valence-electron chi connectivity index (χ1n) is 5.01. The predicted octanol–water partition coefficient (Wildman–Crippen LogP) is 2.50. The molecule has 0 heterocycles. The van der Waals surface area contributed by atoms with Gasteiger partial charge in [0.1, 0.15) is 0 Å². The molecule has 1 aliphatic carbocycles. The third kappa shape index (κ3) is 1.74. The van der Waals surface area contributed by atoms with Gasteiger partial charge in [0, 0.05) is 7.11 Å². The van der Waals surface area contributed by atoms with Crippen molar-refractivity contribution >= 4 is 9.76 Å². The van der Waals surface area contributed by atoms with E-state index in [4.69, 9.17) is 4.43 Å². The molecule has 0 saturated heterocycles. The maximum atomic E-state index is 5.49. The molecule has 0 aromatic rings. The van der Waals surface area contributed by atoms with Crippen LogP contribution in [-0.4, -0.2) is 16.9 Å². The molecule has 0 aromatic carbocycles. The van der Waals surface area contributed by atoms with E-state index in [1.165, 1.54) is 25.7 Å². The Hall–Kier alpha value is 0.177. The van der Waals surface area contributed by atoms with Crippen LogP contribution in [0.4, 0.5) is 0 Å². The highest BCUT2D eigenvalue weighted by atomic mass is 28.2. The van der Waals surface area contributed by atoms with Crippen LogP contribution < -0.4 is 0 Å². The maximum absolute atomic E-state index is 5.49. The molecule has 1 saturated carbocycles. The van der Waals surface area contributed by atoms with E-state index in [0.29, 0.717) is 10.5 Å². The van der Waals surface area contributed by atoms with Crippen LogP contribution in [0.3, 0.4) is 0 Å². The summed E-state index contributed by atoms with van der Waals surface area (Å²) in [6.07, 6.45) is 5.67. The summed E-state index contributed by atoms with van der Waals surface area (Å²) in [6.45, 7) is 7.14. The third-order valence-electron chi connectivity index (χ3n) is 3.57. The monoisotopic (exact) mass is 186 g/mol. The Labute approximate surface area is 78.8 Å². The molecular weight excluding hydrogens is 164 g/mol. The third-order valence-corrected chi connectivity index (χ3v) is 6.18. The van der Waals surface area contributed by atoms with Gasteiger partial charge in [-0.05, 0) is 23.3 Å². The fourth-order valence-corrected chi connectivity index (χ4v) is 4.21. The summed E-state index contributed by atoms with van der Waals surface area (Å²) in [5.74, 6) is 0. The van der Waals surface area contributed by atoms with Crippen molar-refractivity contribution in [2.75, 3.05) is 7.11 Å². The zero-order chi connectivity index (χ0) is 9.24. The van der Waals surface area contributed by atoms with Gasteiger partial charge in [0.25, 0.3) is 0 Å². The average Bonchev–Trinajstić information content (AvgIpc) is 2.36. The van der Waals surface area contributed by atoms with Crippen molar-refractivity contribution < 1.29 is 4.43 Å². The van der Waals surface area contributed by atoms with Gasteiger partial charge in [-0.2, -0.15) is 0 Å². The van der Waals surface area contributed by atoms with Crippen LogP contribution in [0.5, 0.6) is 0 Å². The average molecular weight is 186 g/mol. The molecule has 2 heteroatoms. The largest absolute Gasteiger partial charge is 0.427 e. The normalized spacial score (nSPS) is 24.0. The Kier molecular flexibility index (Phi) is 3.00. The fraction of sp³-hybridized carbons (Fsp3) is 1.00. The van der Waals surface area contributed by atoms with E-state index in [2.05, 4.69) is 20.8 Å². The standard InChI is InChI=1S/C10H22OSi/c1-9(2,3)10(12-11-4)7-5-6-8-10/h5-8,12H2,1-4H3. The van der Waals surface area contributed by atoms with Gasteiger partial charge < -0.3 is 4.43 Å². The second kappa shape index (κ2) is 3.50. The Morgan fingerprint density at radius 2 is 1.67 bits per heavy atom. The molecule has 0 N–H and O–H groups in total. The molecule has 1 aliphatic rings. The van der Waals surface area contributed by atoms with E-state index in [1.54, 1.807) is 0 Å². The van der Waals surface area contributed by atoms with Gasteiger partial charge in [0.2, 0.25) is 0 Å². The minimum Gasteiger partial charge on any atom is -0.427 e. The minimum absolute atomic E-state index is 0.313. The van der Waals surface area contributed by atoms with Crippen molar-refractivity contribution in [3.8, 4) is 0 Å². The zero-order valence-corrected chi connectivity index (χ0v) is 10.4. The maximum Gasteiger partial charge on any atom is 0.167 e. The molecule has 0 unspecified atom stereocenters. The van der Waals surface area contributed by atoms with E-state index < -0.39 is 0 Å². The smallest absolute Gasteiger partial charge is 0.167 e. The van der Waals surface area contributed by atoms with Gasteiger partial charge in [0.05, 0.1) is 0 Å². The Morgan fingerprint density at radius 3 is 2.00 bits per heavy atom. The van der Waals surface area contributed by atoms with E-state index in [-0.39, 0.29) is 9.76 Å². The van der Waals surface area contributed by atoms with Crippen molar-refractivity contribution in [3.05, 3.63) is 0 Å². The molecule has 0 aliphatic heterocycles. The van der Waals surface area contributed by atoms with Crippen molar-refractivity contribution in [2.24, 2.45) is 5.41 Å². The molecule has 0 atom stereocenters. The molecule has 1 fully saturated rings. The van der Waals surface area contributed by atoms with Crippen LogP contribution in [0.25, 0.3) is 0 Å². The van der Waals surface area contributed by atoms with Crippen LogP contribution in [-0.2, 0) is 4.43 Å². The minimum atomic E-state index is -0.313. The number of hydrogen-bond donors (Lipinski definition) is 0. The first-order chi connectivity index (χ1) is 5.52. The fourth-order valence-electron chi connectivity index (χ4n) is 2.44. The molecular formula is C10H22OSi. The lowest BCUT2D eigenvalue weighted by atomic mass is 9.78. The second-order valence-corrected chi connectivity index (χ2v) is 7.39. The summed E-state index contributed by atoms with van der Waals surface area (Å²) in [5, 5.41) is 0.599. The van der Waals surface area contributed by atoms with Crippen molar-refractivity contribution in [1.29, 1.82) is 0 Å². The topological polar surface area (TPSA) is 9.23 Å². The summed E-state index contributed by atoms with van der Waals surface area (Å²) in [4.78, 5) is 0. The van der Waals surface area contributed by atoms with E-state index >= 15 is 0 Å². The Bertz CT molecular complexity index is 142. The first-order valence-corrected chi connectivity index (χ1v) is 6.29. The SMILES string of the molecule is CO[SiH2]C1(C(C)(C)C)CCCC1. The Morgan fingerprint density at radius 1 is 1.17 bits per heavy atom. The lowest BCUT2D eigenvalue weighted by Gasteiger charge is -2.41. The van der Waals surface area contributed by atoms with Gasteiger partial charge in [0.15, 0.2) is 9.76 Å². The van der Waals surface area contributed by atoms with Gasteiger partial charge in [-0.25, -0.2) is 0 Å². The Balaban J connectivity index is 2.72. The zero-order valence-electron chi connectivity index (χ0n) is 8.94. The van der Waals surface area contributed by atoms with Crippen LogP contribution in [0.15, 0.2) is 0 Å². The molecule has 1 rings (SSSR count). The summed E-state index contributed by atoms with van der Waals surface area (Å²) >= 11 is 0. The number of rotatable bonds is 2. The predicted molar refractivity (Wildman–Crippen MR) is 56.2 cm³/mol. The van der Waals surface area contributed by atoms with Crippen molar-refractivity contribution in [1.82, 2.24) is 0 Å². The molecule has 1 nitrogen and oxygen atoms in total. The van der Waals surface area contributed by atoms with E-state index in [1.807, 2.05) is 7.11 Å². The van der Waals surface area contributed by atoms with E-state index in [0.717, 1.165) is 0 Å². The highest BCUT2D eigenvalue weighted by Crippen LogP contribution is 2.56. The molecule has 0 radical (unpaired) electrons. The van der Waals surface area contributed by atoms with Crippen LogP contribution in [0, 0.1) is 5.41 Å². The van der Waals surface area contributed by atoms with Crippen molar-refractivity contribution in [2.45, 2.75) is 51.5 Å². The molecule has 72 valence electrons. The van der Waals surface area contributed by atoms with Crippen LogP contribution in [0.2, 0.25) is 5.04 Å². The van der Waals surface area contributed by atoms with Gasteiger partial charge in [-0.3, -0.25) is 0 Å². The molecule has 0 amide bonds. The summed E-state index contributed by atoms with van der Waals surface area (Å²) in [6, 6.07) is 0. The summed E-state index contributed by atoms with van der Waals surface area (Å²) in [5.41, 5.74) is 0.464. The quantitative estimate of drug-likeness (QED) is 0.602. The van der Waals surface area contributed by atoms with Gasteiger partial charge in [-0.1, -0.05) is 33.6 Å². The highest BCUT2D eigenvalue weighted by Gasteiger charge is 2.44. The second-order valence-electron chi connectivity index (χ2n) is 5.17. The molecule has 0 bridgehead atoms. The molecule has 0 spiro atoms. The number of hydrogen-bond acceptors (Lipinski definition) is 1. The lowest BCUT2D eigenvalue weighted by molar-refractivity contribution is 0.235. The first kappa shape index (κ1) is 10.3. The lowest BCUT2D eigenvalue weighted by Crippen LogP contribution is -2.32. The summed E-state index contributed by atoms with van der Waals surface area (Å²) < 4.78 is 5.49. The molecule has 12 heavy (non-hydrogen) atoms. The van der Waals surface area contributed by atoms with E-state index in [9.17, 15) is 0 Å². The van der Waals surface area contributed by atoms with Gasteiger partial charge >= 0.3 is 0 Å². The highest BCUT2D eigenvalue weighted by molar-refractivity contribution is 6.32. The summed E-state index contributed by atoms with van der Waals surface area (Å²) in [7, 11) is 1.57. The van der Waals surface area contributed by atoms with Crippen LogP contribution >= 0.6 is 0 Å². The van der Waals surface area contributed by atoms with Crippen molar-refractivity contribution in [3.63, 3.8) is 0 Å². The van der Waals surface area contributed by atoms with Crippen LogP contribution in [0.1, 0.15) is 46.5 Å². The molecule has 0 aromatic heterocycles. The van der Waals surface area contributed by atoms with Gasteiger partial charge in [-0.15, -0.1) is 0 Å².